The Morgan fingerprint density at radius 1 is 1.04 bits per heavy atom. The van der Waals surface area contributed by atoms with Crippen LogP contribution in [-0.4, -0.2) is 52.8 Å². The van der Waals surface area contributed by atoms with Crippen molar-refractivity contribution >= 4 is 17.5 Å². The molecule has 2 aromatic rings. The molecule has 0 unspecified atom stereocenters. The number of rotatable bonds is 4. The molecular formula is C19H28N6. The lowest BCUT2D eigenvalue weighted by Crippen LogP contribution is -2.46. The highest BCUT2D eigenvalue weighted by Gasteiger charge is 2.18. The van der Waals surface area contributed by atoms with Gasteiger partial charge < -0.3 is 15.1 Å². The van der Waals surface area contributed by atoms with E-state index in [-0.39, 0.29) is 5.41 Å². The van der Waals surface area contributed by atoms with Gasteiger partial charge in [0, 0.05) is 31.9 Å². The number of hydrogen-bond donors (Lipinski definition) is 1. The Kier molecular flexibility index (Phi) is 5.18. The second-order valence-corrected chi connectivity index (χ2v) is 7.52. The average Bonchev–Trinajstić information content (AvgIpc) is 2.62. The van der Waals surface area contributed by atoms with Gasteiger partial charge in [0.25, 0.3) is 0 Å². The zero-order valence-corrected chi connectivity index (χ0v) is 15.7. The third-order valence-electron chi connectivity index (χ3n) is 4.67. The molecule has 2 heterocycles. The van der Waals surface area contributed by atoms with Gasteiger partial charge in [0.2, 0.25) is 5.95 Å². The van der Waals surface area contributed by atoms with Crippen LogP contribution in [0.1, 0.15) is 33.3 Å². The average molecular weight is 340 g/mol. The van der Waals surface area contributed by atoms with Crippen molar-refractivity contribution in [2.45, 2.75) is 33.1 Å². The van der Waals surface area contributed by atoms with Gasteiger partial charge >= 0.3 is 0 Å². The first-order chi connectivity index (χ1) is 12.0. The molecule has 1 aromatic carbocycles. The van der Waals surface area contributed by atoms with Crippen LogP contribution >= 0.6 is 0 Å². The van der Waals surface area contributed by atoms with E-state index in [2.05, 4.69) is 82.3 Å². The van der Waals surface area contributed by atoms with Crippen molar-refractivity contribution in [2.24, 2.45) is 0 Å². The number of hydrogen-bond acceptors (Lipinski definition) is 6. The summed E-state index contributed by atoms with van der Waals surface area (Å²) in [4.78, 5) is 9.27. The Hall–Kier alpha value is -2.21. The van der Waals surface area contributed by atoms with Crippen LogP contribution in [0.25, 0.3) is 0 Å². The maximum Gasteiger partial charge on any atom is 0.247 e. The third kappa shape index (κ3) is 4.45. The van der Waals surface area contributed by atoms with Gasteiger partial charge in [-0.15, -0.1) is 5.10 Å². The molecule has 0 amide bonds. The van der Waals surface area contributed by atoms with Crippen molar-refractivity contribution in [3.63, 3.8) is 0 Å². The van der Waals surface area contributed by atoms with Gasteiger partial charge in [-0.2, -0.15) is 10.1 Å². The molecule has 0 atom stereocenters. The van der Waals surface area contributed by atoms with Crippen LogP contribution in [-0.2, 0) is 5.41 Å². The van der Waals surface area contributed by atoms with E-state index < -0.39 is 0 Å². The highest BCUT2D eigenvalue weighted by molar-refractivity contribution is 5.57. The summed E-state index contributed by atoms with van der Waals surface area (Å²) in [6, 6.07) is 8.48. The molecule has 6 nitrogen and oxygen atoms in total. The molecule has 1 aromatic heterocycles. The molecule has 0 bridgehead atoms. The number of nitrogens with zero attached hydrogens (tertiary/aromatic N) is 5. The summed E-state index contributed by atoms with van der Waals surface area (Å²) in [5.41, 5.74) is 2.48. The monoisotopic (exact) mass is 340 g/mol. The van der Waals surface area contributed by atoms with E-state index in [0.717, 1.165) is 44.2 Å². The van der Waals surface area contributed by atoms with Crippen LogP contribution in [0.3, 0.4) is 0 Å². The van der Waals surface area contributed by atoms with Gasteiger partial charge in [0.05, 0.1) is 6.20 Å². The second-order valence-electron chi connectivity index (χ2n) is 7.52. The normalized spacial score (nSPS) is 16.1. The summed E-state index contributed by atoms with van der Waals surface area (Å²) in [6.07, 6.45) is 1.67. The van der Waals surface area contributed by atoms with Crippen LogP contribution in [0.15, 0.2) is 30.5 Å². The maximum atomic E-state index is 4.64. The zero-order valence-electron chi connectivity index (χ0n) is 15.7. The van der Waals surface area contributed by atoms with Crippen molar-refractivity contribution in [1.29, 1.82) is 0 Å². The Morgan fingerprint density at radius 3 is 2.32 bits per heavy atom. The number of anilines is 3. The maximum absolute atomic E-state index is 4.64. The Morgan fingerprint density at radius 2 is 1.72 bits per heavy atom. The van der Waals surface area contributed by atoms with Crippen LogP contribution in [0.4, 0.5) is 17.5 Å². The number of benzene rings is 1. The van der Waals surface area contributed by atoms with Crippen molar-refractivity contribution in [3.8, 4) is 0 Å². The largest absolute Gasteiger partial charge is 0.339 e. The van der Waals surface area contributed by atoms with Gasteiger partial charge in [0.1, 0.15) is 0 Å². The number of piperazine rings is 1. The van der Waals surface area contributed by atoms with Crippen LogP contribution in [0.2, 0.25) is 0 Å². The first kappa shape index (κ1) is 17.6. The topological polar surface area (TPSA) is 57.2 Å². The lowest BCUT2D eigenvalue weighted by atomic mass is 9.87. The highest BCUT2D eigenvalue weighted by Crippen LogP contribution is 2.24. The van der Waals surface area contributed by atoms with Gasteiger partial charge in [0.15, 0.2) is 5.82 Å². The van der Waals surface area contributed by atoms with E-state index in [1.54, 1.807) is 6.20 Å². The lowest BCUT2D eigenvalue weighted by molar-refractivity contribution is 0.269. The predicted octanol–water partition coefficient (Wildman–Crippen LogP) is 3.05. The molecule has 3 rings (SSSR count). The van der Waals surface area contributed by atoms with Gasteiger partial charge in [-0.25, -0.2) is 0 Å². The molecule has 1 aliphatic rings. The van der Waals surface area contributed by atoms with E-state index in [4.69, 9.17) is 0 Å². The fourth-order valence-electron chi connectivity index (χ4n) is 2.95. The summed E-state index contributed by atoms with van der Waals surface area (Å²) in [6.45, 7) is 13.9. The molecule has 0 spiro atoms. The molecule has 25 heavy (non-hydrogen) atoms. The predicted molar refractivity (Wildman–Crippen MR) is 103 cm³/mol. The fraction of sp³-hybridized carbons (Fsp3) is 0.526. The highest BCUT2D eigenvalue weighted by atomic mass is 15.4. The quantitative estimate of drug-likeness (QED) is 0.923. The Bertz CT molecular complexity index is 684. The van der Waals surface area contributed by atoms with Gasteiger partial charge in [-0.1, -0.05) is 39.8 Å². The van der Waals surface area contributed by atoms with E-state index in [1.807, 2.05) is 0 Å². The minimum absolute atomic E-state index is 0.156. The van der Waals surface area contributed by atoms with Crippen molar-refractivity contribution in [2.75, 3.05) is 42.9 Å². The Labute approximate surface area is 150 Å². The van der Waals surface area contributed by atoms with E-state index in [9.17, 15) is 0 Å². The zero-order chi connectivity index (χ0) is 17.9. The van der Waals surface area contributed by atoms with Crippen LogP contribution < -0.4 is 10.2 Å². The van der Waals surface area contributed by atoms with Crippen molar-refractivity contribution in [1.82, 2.24) is 20.1 Å². The van der Waals surface area contributed by atoms with Crippen molar-refractivity contribution < 1.29 is 0 Å². The van der Waals surface area contributed by atoms with Crippen LogP contribution in [0, 0.1) is 0 Å². The van der Waals surface area contributed by atoms with Gasteiger partial charge in [-0.05, 0) is 29.7 Å². The third-order valence-corrected chi connectivity index (χ3v) is 4.67. The standard InChI is InChI=1S/C19H28N6/c1-5-24-10-12-25(13-11-24)18-22-17(14-20-23-18)21-16-8-6-15(7-9-16)19(2,3)4/h6-9,14H,5,10-13H2,1-4H3,(H,21,22,23). The number of aromatic nitrogens is 3. The van der Waals surface area contributed by atoms with E-state index >= 15 is 0 Å². The lowest BCUT2D eigenvalue weighted by Gasteiger charge is -2.33. The molecule has 1 saturated heterocycles. The minimum Gasteiger partial charge on any atom is -0.339 e. The molecule has 1 aliphatic heterocycles. The van der Waals surface area contributed by atoms with Crippen LogP contribution in [0.5, 0.6) is 0 Å². The summed E-state index contributed by atoms with van der Waals surface area (Å²) < 4.78 is 0. The molecule has 0 radical (unpaired) electrons. The molecule has 134 valence electrons. The molecule has 0 saturated carbocycles. The summed E-state index contributed by atoms with van der Waals surface area (Å²) >= 11 is 0. The molecular weight excluding hydrogens is 312 g/mol. The first-order valence-electron chi connectivity index (χ1n) is 9.00. The molecule has 6 heteroatoms. The minimum atomic E-state index is 0.156. The molecule has 1 N–H and O–H groups in total. The number of nitrogens with one attached hydrogen (secondary N) is 1. The summed E-state index contributed by atoms with van der Waals surface area (Å²) in [5, 5.41) is 11.7. The first-order valence-corrected chi connectivity index (χ1v) is 9.00. The smallest absolute Gasteiger partial charge is 0.247 e. The van der Waals surface area contributed by atoms with E-state index in [1.165, 1.54) is 5.56 Å². The fourth-order valence-corrected chi connectivity index (χ4v) is 2.95. The van der Waals surface area contributed by atoms with E-state index in [0.29, 0.717) is 5.95 Å². The molecule has 1 fully saturated rings. The second kappa shape index (κ2) is 7.35. The SMILES string of the molecule is CCN1CCN(c2nncc(Nc3ccc(C(C)(C)C)cc3)n2)CC1. The van der Waals surface area contributed by atoms with Crippen molar-refractivity contribution in [3.05, 3.63) is 36.0 Å². The summed E-state index contributed by atoms with van der Waals surface area (Å²) in [7, 11) is 0. The summed E-state index contributed by atoms with van der Waals surface area (Å²) in [5.74, 6) is 1.43. The molecule has 0 aliphatic carbocycles. The Balaban J connectivity index is 1.68. The number of likely N-dealkylation sites (N-methyl/N-ethyl adjacent to an activating group) is 1. The van der Waals surface area contributed by atoms with Gasteiger partial charge in [-0.3, -0.25) is 0 Å².